The molecule has 1 heterocycles. The third-order valence-electron chi connectivity index (χ3n) is 2.80. The Balaban J connectivity index is 2.13. The first-order chi connectivity index (χ1) is 4.35. The summed E-state index contributed by atoms with van der Waals surface area (Å²) in [5, 5.41) is 12.4. The fraction of sp³-hybridized carbons (Fsp3) is 1.00. The highest BCUT2D eigenvalue weighted by atomic mass is 16.3. The number of hydrogen-bond donors (Lipinski definition) is 2. The number of nitrogens with one attached hydrogen (secondary N) is 1. The van der Waals surface area contributed by atoms with E-state index in [4.69, 9.17) is 5.11 Å². The number of aliphatic hydroxyl groups excluding tert-OH is 1. The molecule has 2 N–H and O–H groups in total. The molecule has 2 heteroatoms. The molecule has 1 saturated carbocycles. The fourth-order valence-electron chi connectivity index (χ4n) is 2.10. The van der Waals surface area contributed by atoms with E-state index in [9.17, 15) is 0 Å². The lowest BCUT2D eigenvalue weighted by atomic mass is 9.89. The van der Waals surface area contributed by atoms with Gasteiger partial charge >= 0.3 is 0 Å². The van der Waals surface area contributed by atoms with Gasteiger partial charge in [0.2, 0.25) is 0 Å². The quantitative estimate of drug-likeness (QED) is 0.524. The van der Waals surface area contributed by atoms with E-state index < -0.39 is 0 Å². The van der Waals surface area contributed by atoms with Crippen molar-refractivity contribution in [3.05, 3.63) is 0 Å². The minimum absolute atomic E-state index is 0.296. The molecule has 1 saturated heterocycles. The summed E-state index contributed by atoms with van der Waals surface area (Å²) in [4.78, 5) is 0. The summed E-state index contributed by atoms with van der Waals surface area (Å²) in [6.45, 7) is 1.44. The maximum absolute atomic E-state index is 9.00. The number of fused-ring (bicyclic) bond motifs is 2. The van der Waals surface area contributed by atoms with E-state index in [0.29, 0.717) is 12.0 Å². The molecule has 0 aromatic heterocycles. The van der Waals surface area contributed by atoms with Crippen LogP contribution < -0.4 is 5.32 Å². The Kier molecular flexibility index (Phi) is 1.08. The second-order valence-electron chi connectivity index (χ2n) is 3.48. The van der Waals surface area contributed by atoms with Gasteiger partial charge < -0.3 is 10.4 Å². The van der Waals surface area contributed by atoms with Crippen LogP contribution in [0.3, 0.4) is 0 Å². The summed E-state index contributed by atoms with van der Waals surface area (Å²) in [6, 6.07) is 0.733. The average Bonchev–Trinajstić information content (AvgIpc) is 2.46. The predicted molar refractivity (Wildman–Crippen MR) is 35.2 cm³/mol. The van der Waals surface area contributed by atoms with E-state index in [0.717, 1.165) is 12.6 Å². The first-order valence-corrected chi connectivity index (χ1v) is 3.69. The molecule has 2 unspecified atom stereocenters. The van der Waals surface area contributed by atoms with Gasteiger partial charge in [-0.1, -0.05) is 0 Å². The molecule has 0 spiro atoms. The highest BCUT2D eigenvalue weighted by Crippen LogP contribution is 2.41. The van der Waals surface area contributed by atoms with Crippen LogP contribution in [0.25, 0.3) is 0 Å². The molecule has 52 valence electrons. The van der Waals surface area contributed by atoms with Gasteiger partial charge in [-0.2, -0.15) is 0 Å². The average molecular weight is 127 g/mol. The van der Waals surface area contributed by atoms with E-state index >= 15 is 0 Å². The molecule has 2 atom stereocenters. The Labute approximate surface area is 55.3 Å². The van der Waals surface area contributed by atoms with Gasteiger partial charge in [-0.15, -0.1) is 0 Å². The van der Waals surface area contributed by atoms with Crippen molar-refractivity contribution in [1.29, 1.82) is 0 Å². The van der Waals surface area contributed by atoms with Gasteiger partial charge in [0.1, 0.15) is 0 Å². The van der Waals surface area contributed by atoms with Crippen molar-refractivity contribution >= 4 is 0 Å². The summed E-state index contributed by atoms with van der Waals surface area (Å²) in [5.74, 6) is 0. The molecule has 2 fully saturated rings. The number of piperidine rings is 1. The molecule has 9 heavy (non-hydrogen) atoms. The minimum Gasteiger partial charge on any atom is -0.396 e. The molecular weight excluding hydrogens is 114 g/mol. The third kappa shape index (κ3) is 0.700. The molecule has 2 aliphatic rings. The zero-order valence-corrected chi connectivity index (χ0v) is 5.56. The van der Waals surface area contributed by atoms with Gasteiger partial charge in [0.05, 0.1) is 0 Å². The molecule has 0 radical (unpaired) electrons. The lowest BCUT2D eigenvalue weighted by Gasteiger charge is -2.22. The molecular formula is C7H13NO. The van der Waals surface area contributed by atoms with Crippen LogP contribution in [0.1, 0.15) is 19.3 Å². The van der Waals surface area contributed by atoms with Crippen LogP contribution >= 0.6 is 0 Å². The van der Waals surface area contributed by atoms with Gasteiger partial charge in [-0.25, -0.2) is 0 Å². The maximum atomic E-state index is 9.00. The largest absolute Gasteiger partial charge is 0.396 e. The van der Waals surface area contributed by atoms with Crippen LogP contribution in [0.5, 0.6) is 0 Å². The molecule has 0 aromatic carbocycles. The standard InChI is InChI=1S/C7H13NO/c9-5-7-2-1-6(3-7)8-4-7/h6,8-9H,1-5H2. The summed E-state index contributed by atoms with van der Waals surface area (Å²) in [7, 11) is 0. The number of hydrogen-bond acceptors (Lipinski definition) is 2. The molecule has 0 aromatic rings. The van der Waals surface area contributed by atoms with Crippen LogP contribution in [0, 0.1) is 5.41 Å². The summed E-state index contributed by atoms with van der Waals surface area (Å²) in [6.07, 6.45) is 3.73. The highest BCUT2D eigenvalue weighted by Gasteiger charge is 2.43. The topological polar surface area (TPSA) is 32.3 Å². The van der Waals surface area contributed by atoms with Gasteiger partial charge in [0.15, 0.2) is 0 Å². The molecule has 0 amide bonds. The number of rotatable bonds is 1. The first kappa shape index (κ1) is 5.69. The van der Waals surface area contributed by atoms with Crippen molar-refractivity contribution in [2.75, 3.05) is 13.2 Å². The molecule has 1 aliphatic heterocycles. The van der Waals surface area contributed by atoms with Crippen LogP contribution in [0.15, 0.2) is 0 Å². The summed E-state index contributed by atoms with van der Waals surface area (Å²) in [5.41, 5.74) is 0.296. The minimum atomic E-state index is 0.296. The van der Waals surface area contributed by atoms with E-state index in [1.54, 1.807) is 0 Å². The van der Waals surface area contributed by atoms with Crippen LogP contribution in [-0.2, 0) is 0 Å². The van der Waals surface area contributed by atoms with Gasteiger partial charge in [0.25, 0.3) is 0 Å². The van der Waals surface area contributed by atoms with Crippen molar-refractivity contribution in [2.24, 2.45) is 5.41 Å². The molecule has 2 rings (SSSR count). The highest BCUT2D eigenvalue weighted by molar-refractivity contribution is 4.99. The van der Waals surface area contributed by atoms with E-state index in [-0.39, 0.29) is 0 Å². The third-order valence-corrected chi connectivity index (χ3v) is 2.80. The van der Waals surface area contributed by atoms with Crippen LogP contribution in [0.4, 0.5) is 0 Å². The van der Waals surface area contributed by atoms with E-state index in [1.165, 1.54) is 19.3 Å². The molecule has 2 bridgehead atoms. The summed E-state index contributed by atoms with van der Waals surface area (Å²) < 4.78 is 0. The summed E-state index contributed by atoms with van der Waals surface area (Å²) >= 11 is 0. The van der Waals surface area contributed by atoms with Gasteiger partial charge in [-0.05, 0) is 19.3 Å². The normalized spacial score (nSPS) is 48.3. The predicted octanol–water partition coefficient (Wildman–Crippen LogP) is 0.121. The fourth-order valence-corrected chi connectivity index (χ4v) is 2.10. The Bertz CT molecular complexity index is 116. The van der Waals surface area contributed by atoms with Crippen LogP contribution in [-0.4, -0.2) is 24.3 Å². The molecule has 1 aliphatic carbocycles. The van der Waals surface area contributed by atoms with Crippen LogP contribution in [0.2, 0.25) is 0 Å². The zero-order chi connectivity index (χ0) is 6.32. The van der Waals surface area contributed by atoms with E-state index in [1.807, 2.05) is 0 Å². The van der Waals surface area contributed by atoms with Crippen molar-refractivity contribution in [2.45, 2.75) is 25.3 Å². The van der Waals surface area contributed by atoms with Crippen molar-refractivity contribution in [3.8, 4) is 0 Å². The first-order valence-electron chi connectivity index (χ1n) is 3.69. The Morgan fingerprint density at radius 1 is 1.67 bits per heavy atom. The Morgan fingerprint density at radius 3 is 2.78 bits per heavy atom. The monoisotopic (exact) mass is 127 g/mol. The van der Waals surface area contributed by atoms with Crippen molar-refractivity contribution < 1.29 is 5.11 Å². The van der Waals surface area contributed by atoms with Gasteiger partial charge in [0, 0.05) is 24.6 Å². The number of aliphatic hydroxyl groups is 1. The van der Waals surface area contributed by atoms with Gasteiger partial charge in [-0.3, -0.25) is 0 Å². The lowest BCUT2D eigenvalue weighted by molar-refractivity contribution is 0.144. The zero-order valence-electron chi connectivity index (χ0n) is 5.56. The maximum Gasteiger partial charge on any atom is 0.0500 e. The smallest absolute Gasteiger partial charge is 0.0500 e. The van der Waals surface area contributed by atoms with Crippen molar-refractivity contribution in [3.63, 3.8) is 0 Å². The Morgan fingerprint density at radius 2 is 2.56 bits per heavy atom. The van der Waals surface area contributed by atoms with Crippen molar-refractivity contribution in [1.82, 2.24) is 5.32 Å². The SMILES string of the molecule is OCC12CCC(C1)NC2. The van der Waals surface area contributed by atoms with E-state index in [2.05, 4.69) is 5.32 Å². The second kappa shape index (κ2) is 1.70. The lowest BCUT2D eigenvalue weighted by Crippen LogP contribution is -2.31. The Hall–Kier alpha value is -0.0800. The second-order valence-corrected chi connectivity index (χ2v) is 3.48. The molecule has 2 nitrogen and oxygen atoms in total.